The van der Waals surface area contributed by atoms with Crippen LogP contribution >= 0.6 is 11.6 Å². The van der Waals surface area contributed by atoms with Gasteiger partial charge in [-0.05, 0) is 49.4 Å². The van der Waals surface area contributed by atoms with Crippen LogP contribution in [0.3, 0.4) is 0 Å². The minimum absolute atomic E-state index is 0.0318. The molecule has 1 fully saturated rings. The van der Waals surface area contributed by atoms with Crippen LogP contribution in [0.15, 0.2) is 18.2 Å². The van der Waals surface area contributed by atoms with Gasteiger partial charge in [-0.3, -0.25) is 9.59 Å². The van der Waals surface area contributed by atoms with E-state index in [0.717, 1.165) is 18.4 Å². The maximum atomic E-state index is 12.1. The second-order valence-corrected chi connectivity index (χ2v) is 5.47. The van der Waals surface area contributed by atoms with Gasteiger partial charge in [0.25, 0.3) is 5.91 Å². The van der Waals surface area contributed by atoms with Gasteiger partial charge in [-0.15, -0.1) is 0 Å². The average molecular weight is 282 g/mol. The molecule has 1 aliphatic rings. The quantitative estimate of drug-likeness (QED) is 0.872. The Balaban J connectivity index is 2.07. The normalized spacial score (nSPS) is 15.9. The van der Waals surface area contributed by atoms with Crippen LogP contribution in [-0.4, -0.2) is 23.0 Å². The van der Waals surface area contributed by atoms with E-state index in [1.165, 1.54) is 0 Å². The molecule has 5 heteroatoms. The smallest absolute Gasteiger partial charge is 0.305 e. The fourth-order valence-electron chi connectivity index (χ4n) is 2.14. The largest absolute Gasteiger partial charge is 0.481 e. The average Bonchev–Trinajstić information content (AvgIpc) is 3.09. The van der Waals surface area contributed by atoms with E-state index in [2.05, 4.69) is 5.32 Å². The Bertz CT molecular complexity index is 491. The summed E-state index contributed by atoms with van der Waals surface area (Å²) in [5.74, 6) is -0.858. The summed E-state index contributed by atoms with van der Waals surface area (Å²) in [7, 11) is 0. The molecule has 1 aromatic rings. The summed E-state index contributed by atoms with van der Waals surface area (Å²) in [6.45, 7) is 1.86. The number of benzene rings is 1. The van der Waals surface area contributed by atoms with Crippen molar-refractivity contribution in [3.8, 4) is 0 Å². The van der Waals surface area contributed by atoms with E-state index in [4.69, 9.17) is 16.7 Å². The third kappa shape index (κ3) is 3.96. The van der Waals surface area contributed by atoms with Crippen LogP contribution in [0.2, 0.25) is 5.02 Å². The lowest BCUT2D eigenvalue weighted by Gasteiger charge is -2.16. The van der Waals surface area contributed by atoms with Crippen LogP contribution in [0.5, 0.6) is 0 Å². The number of halogens is 1. The third-order valence-electron chi connectivity index (χ3n) is 3.21. The number of rotatable bonds is 5. The monoisotopic (exact) mass is 281 g/mol. The molecule has 0 radical (unpaired) electrons. The Labute approximate surface area is 116 Å². The molecule has 102 valence electrons. The number of amides is 1. The van der Waals surface area contributed by atoms with E-state index in [1.807, 2.05) is 6.92 Å². The summed E-state index contributed by atoms with van der Waals surface area (Å²) in [5, 5.41) is 12.2. The van der Waals surface area contributed by atoms with Gasteiger partial charge in [0.1, 0.15) is 0 Å². The van der Waals surface area contributed by atoms with Crippen molar-refractivity contribution in [2.45, 2.75) is 32.2 Å². The number of aliphatic carboxylic acids is 1. The molecule has 1 atom stereocenters. The molecule has 0 aliphatic heterocycles. The zero-order valence-corrected chi connectivity index (χ0v) is 11.4. The molecule has 4 nitrogen and oxygen atoms in total. The lowest BCUT2D eigenvalue weighted by atomic mass is 10.1. The van der Waals surface area contributed by atoms with Gasteiger partial charge in [-0.2, -0.15) is 0 Å². The molecule has 1 amide bonds. The topological polar surface area (TPSA) is 66.4 Å². The number of carbonyl (C=O) groups is 2. The van der Waals surface area contributed by atoms with E-state index in [1.54, 1.807) is 18.2 Å². The van der Waals surface area contributed by atoms with E-state index in [0.29, 0.717) is 16.5 Å². The minimum atomic E-state index is -0.889. The number of hydrogen-bond acceptors (Lipinski definition) is 2. The first-order chi connectivity index (χ1) is 8.95. The van der Waals surface area contributed by atoms with Gasteiger partial charge in [0.15, 0.2) is 0 Å². The molecule has 1 aromatic carbocycles. The molecule has 0 spiro atoms. The molecular formula is C14H16ClNO3. The number of carboxylic acids is 1. The van der Waals surface area contributed by atoms with Gasteiger partial charge in [0.05, 0.1) is 6.42 Å². The first kappa shape index (κ1) is 13.9. The molecular weight excluding hydrogens is 266 g/mol. The highest BCUT2D eigenvalue weighted by Gasteiger charge is 2.33. The van der Waals surface area contributed by atoms with Crippen LogP contribution in [0.1, 0.15) is 35.2 Å². The van der Waals surface area contributed by atoms with Crippen LogP contribution < -0.4 is 5.32 Å². The minimum Gasteiger partial charge on any atom is -0.481 e. The molecule has 0 saturated heterocycles. The van der Waals surface area contributed by atoms with Crippen molar-refractivity contribution >= 4 is 23.5 Å². The predicted octanol–water partition coefficient (Wildman–Crippen LogP) is 2.63. The van der Waals surface area contributed by atoms with Gasteiger partial charge in [-0.25, -0.2) is 0 Å². The summed E-state index contributed by atoms with van der Waals surface area (Å²) in [6.07, 6.45) is 1.93. The van der Waals surface area contributed by atoms with Gasteiger partial charge >= 0.3 is 5.97 Å². The van der Waals surface area contributed by atoms with E-state index in [-0.39, 0.29) is 18.4 Å². The molecule has 2 N–H and O–H groups in total. The molecule has 19 heavy (non-hydrogen) atoms. The first-order valence-corrected chi connectivity index (χ1v) is 6.63. The van der Waals surface area contributed by atoms with E-state index in [9.17, 15) is 9.59 Å². The Hall–Kier alpha value is -1.55. The van der Waals surface area contributed by atoms with Crippen molar-refractivity contribution in [2.24, 2.45) is 5.92 Å². The summed E-state index contributed by atoms with van der Waals surface area (Å²) in [6, 6.07) is 4.82. The number of nitrogens with one attached hydrogen (secondary N) is 1. The van der Waals surface area contributed by atoms with Crippen LogP contribution in [0, 0.1) is 12.8 Å². The molecule has 0 heterocycles. The maximum absolute atomic E-state index is 12.1. The van der Waals surface area contributed by atoms with Crippen LogP contribution in [-0.2, 0) is 4.79 Å². The highest BCUT2D eigenvalue weighted by atomic mass is 35.5. The van der Waals surface area contributed by atoms with Crippen LogP contribution in [0.25, 0.3) is 0 Å². The lowest BCUT2D eigenvalue weighted by Crippen LogP contribution is -2.38. The number of hydrogen-bond donors (Lipinski definition) is 2. The number of carbonyl (C=O) groups excluding carboxylic acids is 1. The van der Waals surface area contributed by atoms with Gasteiger partial charge in [0.2, 0.25) is 0 Å². The fraction of sp³-hybridized carbons (Fsp3) is 0.429. The van der Waals surface area contributed by atoms with Crippen LogP contribution in [0.4, 0.5) is 0 Å². The SMILES string of the molecule is Cc1cc(Cl)cc(C(=O)NC(CC(=O)O)C2CC2)c1. The van der Waals surface area contributed by atoms with Crippen molar-refractivity contribution in [2.75, 3.05) is 0 Å². The molecule has 2 rings (SSSR count). The standard InChI is InChI=1S/C14H16ClNO3/c1-8-4-10(6-11(15)5-8)14(19)16-12(7-13(17)18)9-2-3-9/h4-6,9,12H,2-3,7H2,1H3,(H,16,19)(H,17,18). The number of aryl methyl sites for hydroxylation is 1. The Kier molecular flexibility index (Phi) is 4.10. The zero-order chi connectivity index (χ0) is 14.0. The van der Waals surface area contributed by atoms with Gasteiger partial charge in [-0.1, -0.05) is 11.6 Å². The fourth-order valence-corrected chi connectivity index (χ4v) is 2.43. The zero-order valence-electron chi connectivity index (χ0n) is 10.6. The highest BCUT2D eigenvalue weighted by Crippen LogP contribution is 2.34. The van der Waals surface area contributed by atoms with Gasteiger partial charge < -0.3 is 10.4 Å². The maximum Gasteiger partial charge on any atom is 0.305 e. The van der Waals surface area contributed by atoms with Crippen molar-refractivity contribution < 1.29 is 14.7 Å². The Morgan fingerprint density at radius 1 is 1.42 bits per heavy atom. The molecule has 1 saturated carbocycles. The van der Waals surface area contributed by atoms with Crippen molar-refractivity contribution in [1.29, 1.82) is 0 Å². The van der Waals surface area contributed by atoms with Crippen molar-refractivity contribution in [3.63, 3.8) is 0 Å². The van der Waals surface area contributed by atoms with Crippen molar-refractivity contribution in [3.05, 3.63) is 34.3 Å². The molecule has 0 bridgehead atoms. The summed E-state index contributed by atoms with van der Waals surface area (Å²) in [4.78, 5) is 22.9. The Morgan fingerprint density at radius 2 is 2.11 bits per heavy atom. The van der Waals surface area contributed by atoms with Crippen molar-refractivity contribution in [1.82, 2.24) is 5.32 Å². The second kappa shape index (κ2) is 5.61. The molecule has 1 aliphatic carbocycles. The third-order valence-corrected chi connectivity index (χ3v) is 3.42. The Morgan fingerprint density at radius 3 is 2.63 bits per heavy atom. The lowest BCUT2D eigenvalue weighted by molar-refractivity contribution is -0.137. The van der Waals surface area contributed by atoms with E-state index >= 15 is 0 Å². The molecule has 0 aromatic heterocycles. The van der Waals surface area contributed by atoms with E-state index < -0.39 is 5.97 Å². The highest BCUT2D eigenvalue weighted by molar-refractivity contribution is 6.31. The molecule has 1 unspecified atom stereocenters. The summed E-state index contributed by atoms with van der Waals surface area (Å²) < 4.78 is 0. The first-order valence-electron chi connectivity index (χ1n) is 6.25. The second-order valence-electron chi connectivity index (χ2n) is 5.03. The predicted molar refractivity (Wildman–Crippen MR) is 72.4 cm³/mol. The van der Waals surface area contributed by atoms with Gasteiger partial charge in [0, 0.05) is 16.6 Å². The number of carboxylic acid groups (broad SMARTS) is 1. The summed E-state index contributed by atoms with van der Waals surface area (Å²) >= 11 is 5.92. The summed E-state index contributed by atoms with van der Waals surface area (Å²) in [5.41, 5.74) is 1.37.